The highest BCUT2D eigenvalue weighted by Gasteiger charge is 2.15. The number of nitrogens with zero attached hydrogens (tertiary/aromatic N) is 2. The summed E-state index contributed by atoms with van der Waals surface area (Å²) in [7, 11) is 0. The average molecular weight is 456 g/mol. The van der Waals surface area contributed by atoms with Crippen LogP contribution in [0.4, 0.5) is 0 Å². The number of rotatable bonds is 8. The summed E-state index contributed by atoms with van der Waals surface area (Å²) in [5.41, 5.74) is 1.12. The maximum Gasteiger partial charge on any atom is 0.191 e. The number of hydrogen-bond donors (Lipinski definition) is 2. The van der Waals surface area contributed by atoms with Gasteiger partial charge in [0.05, 0.1) is 11.6 Å². The molecular formula is C15H29IN4S2. The van der Waals surface area contributed by atoms with Gasteiger partial charge in [-0.1, -0.05) is 0 Å². The average Bonchev–Trinajstić information content (AvgIpc) is 2.86. The zero-order valence-corrected chi connectivity index (χ0v) is 18.2. The third-order valence-corrected chi connectivity index (χ3v) is 5.30. The van der Waals surface area contributed by atoms with E-state index in [0.29, 0.717) is 0 Å². The van der Waals surface area contributed by atoms with E-state index in [2.05, 4.69) is 53.0 Å². The molecule has 1 rings (SSSR count). The van der Waals surface area contributed by atoms with Gasteiger partial charge in [-0.05, 0) is 40.4 Å². The highest BCUT2D eigenvalue weighted by molar-refractivity contribution is 14.0. The topological polar surface area (TPSA) is 49.3 Å². The lowest BCUT2D eigenvalue weighted by Crippen LogP contribution is -2.39. The normalized spacial score (nSPS) is 12.0. The number of nitrogens with one attached hydrogen (secondary N) is 2. The molecule has 22 heavy (non-hydrogen) atoms. The van der Waals surface area contributed by atoms with E-state index in [1.165, 1.54) is 5.01 Å². The molecule has 0 aromatic carbocycles. The summed E-state index contributed by atoms with van der Waals surface area (Å²) in [5, 5.41) is 10.0. The molecule has 0 aliphatic heterocycles. The van der Waals surface area contributed by atoms with Crippen LogP contribution in [0.15, 0.2) is 10.4 Å². The number of aryl methyl sites for hydroxylation is 2. The van der Waals surface area contributed by atoms with Gasteiger partial charge in [0.2, 0.25) is 0 Å². The van der Waals surface area contributed by atoms with Crippen LogP contribution >= 0.6 is 47.1 Å². The molecule has 0 unspecified atom stereocenters. The summed E-state index contributed by atoms with van der Waals surface area (Å²) in [4.78, 5) is 9.15. The van der Waals surface area contributed by atoms with Gasteiger partial charge < -0.3 is 10.6 Å². The first-order chi connectivity index (χ1) is 9.96. The van der Waals surface area contributed by atoms with Crippen LogP contribution in [-0.4, -0.2) is 41.6 Å². The molecular weight excluding hydrogens is 427 g/mol. The highest BCUT2D eigenvalue weighted by Crippen LogP contribution is 2.20. The van der Waals surface area contributed by atoms with Crippen molar-refractivity contribution < 1.29 is 0 Å². The Labute approximate surface area is 160 Å². The molecule has 7 heteroatoms. The minimum absolute atomic E-state index is 0. The van der Waals surface area contributed by atoms with Crippen molar-refractivity contribution in [1.29, 1.82) is 0 Å². The predicted molar refractivity (Wildman–Crippen MR) is 112 cm³/mol. The Kier molecular flexibility index (Phi) is 11.5. The number of halogens is 1. The Bertz CT molecular complexity index is 447. The van der Waals surface area contributed by atoms with Crippen molar-refractivity contribution in [1.82, 2.24) is 15.6 Å². The van der Waals surface area contributed by atoms with E-state index in [0.717, 1.165) is 44.1 Å². The third-order valence-electron chi connectivity index (χ3n) is 3.04. The minimum Gasteiger partial charge on any atom is -0.357 e. The summed E-state index contributed by atoms with van der Waals surface area (Å²) < 4.78 is 0.181. The van der Waals surface area contributed by atoms with Gasteiger partial charge in [-0.2, -0.15) is 11.8 Å². The molecule has 4 nitrogen and oxygen atoms in total. The van der Waals surface area contributed by atoms with Crippen LogP contribution in [0.1, 0.15) is 37.9 Å². The van der Waals surface area contributed by atoms with Crippen LogP contribution in [0.3, 0.4) is 0 Å². The quantitative estimate of drug-likeness (QED) is 0.271. The number of guanidine groups is 1. The summed E-state index contributed by atoms with van der Waals surface area (Å²) in [5.74, 6) is 0.912. The van der Waals surface area contributed by atoms with Crippen LogP contribution in [0, 0.1) is 6.92 Å². The first-order valence-electron chi connectivity index (χ1n) is 7.45. The fourth-order valence-electron chi connectivity index (χ4n) is 1.64. The van der Waals surface area contributed by atoms with Crippen molar-refractivity contribution in [3.8, 4) is 0 Å². The maximum atomic E-state index is 4.67. The van der Waals surface area contributed by atoms with Crippen molar-refractivity contribution in [3.05, 3.63) is 16.1 Å². The van der Waals surface area contributed by atoms with Gasteiger partial charge in [0.1, 0.15) is 0 Å². The number of hydrogen-bond acceptors (Lipinski definition) is 4. The Morgan fingerprint density at radius 1 is 1.41 bits per heavy atom. The molecule has 0 saturated heterocycles. The number of thioether (sulfide) groups is 1. The van der Waals surface area contributed by atoms with E-state index in [1.807, 2.05) is 18.7 Å². The molecule has 1 heterocycles. The summed E-state index contributed by atoms with van der Waals surface area (Å²) in [6.45, 7) is 11.2. The second-order valence-electron chi connectivity index (χ2n) is 5.57. The van der Waals surface area contributed by atoms with Crippen LogP contribution in [0.5, 0.6) is 0 Å². The Morgan fingerprint density at radius 3 is 2.68 bits per heavy atom. The van der Waals surface area contributed by atoms with E-state index in [4.69, 9.17) is 0 Å². The highest BCUT2D eigenvalue weighted by atomic mass is 127. The zero-order chi connectivity index (χ0) is 15.7. The predicted octanol–water partition coefficient (Wildman–Crippen LogP) is 3.70. The molecule has 0 aliphatic rings. The van der Waals surface area contributed by atoms with Crippen molar-refractivity contribution in [3.63, 3.8) is 0 Å². The van der Waals surface area contributed by atoms with E-state index >= 15 is 0 Å². The van der Waals surface area contributed by atoms with Gasteiger partial charge in [-0.25, -0.2) is 4.98 Å². The van der Waals surface area contributed by atoms with E-state index < -0.39 is 0 Å². The maximum absolute atomic E-state index is 4.67. The van der Waals surface area contributed by atoms with Gasteiger partial charge in [0.25, 0.3) is 0 Å². The van der Waals surface area contributed by atoms with Crippen molar-refractivity contribution >= 4 is 53.0 Å². The second-order valence-corrected chi connectivity index (χ2v) is 8.03. The standard InChI is InChI=1S/C15H28N4S2.HI/c1-6-16-14(18-11-15(3,4)20-5)17-9-7-8-13-19-12(2)10-21-13;/h10H,6-9,11H2,1-5H3,(H2,16,17,18);1H. The van der Waals surface area contributed by atoms with Crippen LogP contribution in [0.25, 0.3) is 0 Å². The van der Waals surface area contributed by atoms with E-state index in [-0.39, 0.29) is 28.7 Å². The molecule has 0 aliphatic carbocycles. The smallest absolute Gasteiger partial charge is 0.191 e. The largest absolute Gasteiger partial charge is 0.357 e. The molecule has 0 radical (unpaired) electrons. The lowest BCUT2D eigenvalue weighted by atomic mass is 10.2. The van der Waals surface area contributed by atoms with Crippen molar-refractivity contribution in [2.75, 3.05) is 25.9 Å². The fourth-order valence-corrected chi connectivity index (χ4v) is 2.65. The van der Waals surface area contributed by atoms with Crippen LogP contribution in [0.2, 0.25) is 0 Å². The number of aromatic nitrogens is 1. The number of aliphatic imine (C=N–C) groups is 1. The minimum atomic E-state index is 0. The van der Waals surface area contributed by atoms with Crippen molar-refractivity contribution in [2.24, 2.45) is 4.99 Å². The molecule has 0 amide bonds. The van der Waals surface area contributed by atoms with Gasteiger partial charge >= 0.3 is 0 Å². The van der Waals surface area contributed by atoms with Gasteiger partial charge in [0, 0.05) is 35.3 Å². The Hall–Kier alpha value is -0.0200. The summed E-state index contributed by atoms with van der Waals surface area (Å²) in [6, 6.07) is 0. The van der Waals surface area contributed by atoms with Crippen molar-refractivity contribution in [2.45, 2.75) is 45.3 Å². The lowest BCUT2D eigenvalue weighted by molar-refractivity contribution is 0.701. The molecule has 0 saturated carbocycles. The lowest BCUT2D eigenvalue weighted by Gasteiger charge is -2.20. The van der Waals surface area contributed by atoms with Crippen LogP contribution in [-0.2, 0) is 6.42 Å². The molecule has 1 aromatic heterocycles. The summed E-state index contributed by atoms with van der Waals surface area (Å²) in [6.07, 6.45) is 4.23. The Balaban J connectivity index is 0.00000441. The zero-order valence-electron chi connectivity index (χ0n) is 14.2. The Morgan fingerprint density at radius 2 is 2.14 bits per heavy atom. The summed E-state index contributed by atoms with van der Waals surface area (Å²) >= 11 is 3.59. The van der Waals surface area contributed by atoms with Gasteiger partial charge in [0.15, 0.2) is 5.96 Å². The molecule has 128 valence electrons. The van der Waals surface area contributed by atoms with E-state index in [1.54, 1.807) is 11.3 Å². The number of thiazole rings is 1. The third kappa shape index (κ3) is 9.19. The first kappa shape index (κ1) is 22.0. The van der Waals surface area contributed by atoms with E-state index in [9.17, 15) is 0 Å². The first-order valence-corrected chi connectivity index (χ1v) is 9.55. The SMILES string of the molecule is CCNC(=NCC(C)(C)SC)NCCCc1nc(C)cs1.I. The molecule has 0 fully saturated rings. The van der Waals surface area contributed by atoms with Crippen LogP contribution < -0.4 is 10.6 Å². The molecule has 1 aromatic rings. The molecule has 2 N–H and O–H groups in total. The van der Waals surface area contributed by atoms with Gasteiger partial charge in [-0.3, -0.25) is 4.99 Å². The molecule has 0 spiro atoms. The monoisotopic (exact) mass is 456 g/mol. The molecule has 0 atom stereocenters. The second kappa shape index (κ2) is 11.5. The fraction of sp³-hybridized carbons (Fsp3) is 0.733. The molecule has 0 bridgehead atoms. The van der Waals surface area contributed by atoms with Gasteiger partial charge in [-0.15, -0.1) is 35.3 Å².